The summed E-state index contributed by atoms with van der Waals surface area (Å²) in [5.74, 6) is -1.20. The van der Waals surface area contributed by atoms with Crippen molar-refractivity contribution in [1.29, 1.82) is 0 Å². The molecule has 1 amide bonds. The number of amides is 1. The van der Waals surface area contributed by atoms with Crippen LogP contribution in [0.3, 0.4) is 0 Å². The maximum absolute atomic E-state index is 12.0. The van der Waals surface area contributed by atoms with E-state index in [0.717, 1.165) is 5.56 Å². The van der Waals surface area contributed by atoms with Gasteiger partial charge in [0.05, 0.1) is 5.56 Å². The topological polar surface area (TPSA) is 92.4 Å². The van der Waals surface area contributed by atoms with E-state index in [1.54, 1.807) is 30.3 Å². The van der Waals surface area contributed by atoms with Crippen LogP contribution in [0.25, 0.3) is 0 Å². The average Bonchev–Trinajstić information content (AvgIpc) is 2.48. The lowest BCUT2D eigenvalue weighted by molar-refractivity contribution is 0.0696. The summed E-state index contributed by atoms with van der Waals surface area (Å²) in [5, 5.41) is 11.6. The molecule has 0 atom stereocenters. The Morgan fingerprint density at radius 1 is 1.10 bits per heavy atom. The highest BCUT2D eigenvalue weighted by molar-refractivity contribution is 9.10. The van der Waals surface area contributed by atoms with Crippen LogP contribution in [-0.2, 0) is 6.54 Å². The first-order valence-corrected chi connectivity index (χ1v) is 6.92. The molecule has 0 saturated heterocycles. The number of carboxylic acids is 1. The summed E-state index contributed by atoms with van der Waals surface area (Å²) in [6.45, 7) is 0.320. The maximum atomic E-state index is 12.0. The van der Waals surface area contributed by atoms with Crippen molar-refractivity contribution in [3.8, 4) is 0 Å². The molecular weight excluding hydrogens is 336 g/mol. The quantitative estimate of drug-likeness (QED) is 0.740. The predicted octanol–water partition coefficient (Wildman–Crippen LogP) is 2.66. The molecule has 2 rings (SSSR count). The van der Waals surface area contributed by atoms with Gasteiger partial charge in [0.1, 0.15) is 0 Å². The second-order valence-corrected chi connectivity index (χ2v) is 5.28. The van der Waals surface area contributed by atoms with Gasteiger partial charge in [-0.1, -0.05) is 12.1 Å². The monoisotopic (exact) mass is 348 g/mol. The second-order valence-electron chi connectivity index (χ2n) is 4.42. The normalized spacial score (nSPS) is 10.1. The molecule has 0 fully saturated rings. The van der Waals surface area contributed by atoms with Crippen molar-refractivity contribution < 1.29 is 14.7 Å². The van der Waals surface area contributed by atoms with E-state index in [4.69, 9.17) is 10.8 Å². The summed E-state index contributed by atoms with van der Waals surface area (Å²) < 4.78 is 0.668. The first-order chi connectivity index (χ1) is 9.97. The van der Waals surface area contributed by atoms with Crippen LogP contribution < -0.4 is 11.1 Å². The fourth-order valence-electron chi connectivity index (χ4n) is 1.72. The van der Waals surface area contributed by atoms with Gasteiger partial charge in [-0.15, -0.1) is 0 Å². The van der Waals surface area contributed by atoms with Gasteiger partial charge in [-0.25, -0.2) is 4.79 Å². The lowest BCUT2D eigenvalue weighted by Gasteiger charge is -2.07. The summed E-state index contributed by atoms with van der Waals surface area (Å²) >= 11 is 3.27. The summed E-state index contributed by atoms with van der Waals surface area (Å²) in [6, 6.07) is 11.3. The molecule has 5 nitrogen and oxygen atoms in total. The number of nitrogens with two attached hydrogens (primary N) is 1. The molecule has 0 aromatic heterocycles. The lowest BCUT2D eigenvalue weighted by Crippen LogP contribution is -2.22. The fourth-order valence-corrected chi connectivity index (χ4v) is 2.10. The fraction of sp³-hybridized carbons (Fsp3) is 0.0667. The van der Waals surface area contributed by atoms with Crippen molar-refractivity contribution in [2.45, 2.75) is 6.54 Å². The molecule has 0 aliphatic carbocycles. The van der Waals surface area contributed by atoms with Gasteiger partial charge in [0.15, 0.2) is 0 Å². The van der Waals surface area contributed by atoms with Gasteiger partial charge in [0, 0.05) is 22.3 Å². The zero-order chi connectivity index (χ0) is 15.4. The van der Waals surface area contributed by atoms with Crippen LogP contribution in [0.5, 0.6) is 0 Å². The number of aromatic carboxylic acids is 1. The summed E-state index contributed by atoms with van der Waals surface area (Å²) in [5.41, 5.74) is 7.77. The number of carbonyl (C=O) groups excluding carboxylic acids is 1. The molecule has 6 heteroatoms. The Morgan fingerprint density at radius 2 is 1.71 bits per heavy atom. The van der Waals surface area contributed by atoms with Gasteiger partial charge in [-0.3, -0.25) is 4.79 Å². The van der Waals surface area contributed by atoms with E-state index in [2.05, 4.69) is 21.2 Å². The number of carboxylic acid groups (broad SMARTS) is 1. The second kappa shape index (κ2) is 6.41. The summed E-state index contributed by atoms with van der Waals surface area (Å²) in [6.07, 6.45) is 0. The summed E-state index contributed by atoms with van der Waals surface area (Å²) in [4.78, 5) is 22.7. The summed E-state index contributed by atoms with van der Waals surface area (Å²) in [7, 11) is 0. The van der Waals surface area contributed by atoms with E-state index in [9.17, 15) is 9.59 Å². The van der Waals surface area contributed by atoms with Gasteiger partial charge in [-0.05, 0) is 51.8 Å². The number of benzene rings is 2. The number of hydrogen-bond acceptors (Lipinski definition) is 3. The minimum atomic E-state index is -0.975. The molecule has 2 aromatic carbocycles. The number of nitrogens with one attached hydrogen (secondary N) is 1. The van der Waals surface area contributed by atoms with Crippen molar-refractivity contribution >= 4 is 33.5 Å². The average molecular weight is 349 g/mol. The van der Waals surface area contributed by atoms with E-state index in [1.807, 2.05) is 0 Å². The van der Waals surface area contributed by atoms with Crippen LogP contribution in [0, 0.1) is 0 Å². The van der Waals surface area contributed by atoms with Crippen LogP contribution in [0.4, 0.5) is 5.69 Å². The molecule has 0 unspecified atom stereocenters. The molecule has 4 N–H and O–H groups in total. The molecule has 0 spiro atoms. The highest BCUT2D eigenvalue weighted by atomic mass is 79.9. The molecule has 21 heavy (non-hydrogen) atoms. The molecule has 0 aliphatic rings. The van der Waals surface area contributed by atoms with E-state index >= 15 is 0 Å². The maximum Gasteiger partial charge on any atom is 0.335 e. The Bertz CT molecular complexity index is 684. The largest absolute Gasteiger partial charge is 0.478 e. The third-order valence-corrected chi connectivity index (χ3v) is 3.60. The molecule has 0 bridgehead atoms. The number of nitrogen functional groups attached to an aromatic ring is 1. The van der Waals surface area contributed by atoms with Gasteiger partial charge in [0.25, 0.3) is 5.91 Å². The third-order valence-electron chi connectivity index (χ3n) is 2.92. The Balaban J connectivity index is 2.00. The molecule has 0 saturated carbocycles. The standard InChI is InChI=1S/C15H13BrN2O3/c16-12-7-11(5-6-13(12)17)14(19)18-8-9-1-3-10(4-2-9)15(20)21/h1-7H,8,17H2,(H,18,19)(H,20,21). The SMILES string of the molecule is Nc1ccc(C(=O)NCc2ccc(C(=O)O)cc2)cc1Br. The molecule has 0 radical (unpaired) electrons. The molecule has 108 valence electrons. The van der Waals surface area contributed by atoms with Crippen LogP contribution in [0.2, 0.25) is 0 Å². The smallest absolute Gasteiger partial charge is 0.335 e. The van der Waals surface area contributed by atoms with Gasteiger partial charge in [-0.2, -0.15) is 0 Å². The Hall–Kier alpha value is -2.34. The van der Waals surface area contributed by atoms with Gasteiger partial charge in [0.2, 0.25) is 0 Å². The Labute approximate surface area is 129 Å². The number of halogens is 1. The van der Waals surface area contributed by atoms with Crippen molar-refractivity contribution in [1.82, 2.24) is 5.32 Å². The zero-order valence-electron chi connectivity index (χ0n) is 11.0. The van der Waals surface area contributed by atoms with Crippen LogP contribution >= 0.6 is 15.9 Å². The van der Waals surface area contributed by atoms with E-state index in [-0.39, 0.29) is 11.5 Å². The number of rotatable bonds is 4. The molecule has 0 heterocycles. The van der Waals surface area contributed by atoms with Crippen molar-refractivity contribution in [2.75, 3.05) is 5.73 Å². The first-order valence-electron chi connectivity index (χ1n) is 6.13. The molecular formula is C15H13BrN2O3. The van der Waals surface area contributed by atoms with Gasteiger partial charge >= 0.3 is 5.97 Å². The van der Waals surface area contributed by atoms with Crippen molar-refractivity contribution in [2.24, 2.45) is 0 Å². The minimum absolute atomic E-state index is 0.215. The van der Waals surface area contributed by atoms with Gasteiger partial charge < -0.3 is 16.2 Å². The van der Waals surface area contributed by atoms with Crippen molar-refractivity contribution in [3.63, 3.8) is 0 Å². The van der Waals surface area contributed by atoms with Crippen LogP contribution in [-0.4, -0.2) is 17.0 Å². The lowest BCUT2D eigenvalue weighted by atomic mass is 10.1. The van der Waals surface area contributed by atoms with E-state index in [0.29, 0.717) is 22.3 Å². The highest BCUT2D eigenvalue weighted by Crippen LogP contribution is 2.20. The van der Waals surface area contributed by atoms with Crippen LogP contribution in [0.1, 0.15) is 26.3 Å². The van der Waals surface area contributed by atoms with E-state index < -0.39 is 5.97 Å². The number of hydrogen-bond donors (Lipinski definition) is 3. The predicted molar refractivity (Wildman–Crippen MR) is 83.1 cm³/mol. The molecule has 0 aliphatic heterocycles. The first kappa shape index (κ1) is 15.1. The van der Waals surface area contributed by atoms with Crippen LogP contribution in [0.15, 0.2) is 46.9 Å². The Kier molecular flexibility index (Phi) is 4.59. The third kappa shape index (κ3) is 3.82. The minimum Gasteiger partial charge on any atom is -0.478 e. The number of anilines is 1. The molecule has 2 aromatic rings. The van der Waals surface area contributed by atoms with Crippen molar-refractivity contribution in [3.05, 3.63) is 63.6 Å². The highest BCUT2D eigenvalue weighted by Gasteiger charge is 2.08. The zero-order valence-corrected chi connectivity index (χ0v) is 12.6. The van der Waals surface area contributed by atoms with E-state index in [1.165, 1.54) is 12.1 Å². The Morgan fingerprint density at radius 3 is 2.29 bits per heavy atom. The number of carbonyl (C=O) groups is 2.